The molecule has 1 fully saturated rings. The number of aromatic nitrogens is 4. The molecule has 20 heavy (non-hydrogen) atoms. The fraction of sp³-hybridized carbons (Fsp3) is 0.500. The van der Waals surface area contributed by atoms with E-state index >= 15 is 0 Å². The molecular weight excluding hydrogens is 270 g/mol. The Morgan fingerprint density at radius 2 is 2.30 bits per heavy atom. The van der Waals surface area contributed by atoms with Gasteiger partial charge in [-0.1, -0.05) is 0 Å². The molecular formula is C14H19N5S. The van der Waals surface area contributed by atoms with E-state index in [1.807, 2.05) is 31.8 Å². The third-order valence-corrected chi connectivity index (χ3v) is 4.43. The van der Waals surface area contributed by atoms with Crippen LogP contribution in [-0.2, 0) is 6.54 Å². The molecule has 5 nitrogen and oxygen atoms in total. The lowest BCUT2D eigenvalue weighted by atomic mass is 10.2. The topological polar surface area (TPSA) is 46.8 Å². The average Bonchev–Trinajstić information content (AvgIpc) is 3.09. The van der Waals surface area contributed by atoms with E-state index in [2.05, 4.69) is 30.6 Å². The van der Waals surface area contributed by atoms with Gasteiger partial charge < -0.3 is 9.47 Å². The van der Waals surface area contributed by atoms with Crippen LogP contribution in [0.4, 0.5) is 5.82 Å². The minimum atomic E-state index is 0.481. The molecule has 2 aromatic heterocycles. The van der Waals surface area contributed by atoms with Crippen LogP contribution in [0.15, 0.2) is 29.8 Å². The number of anilines is 1. The maximum Gasteiger partial charge on any atom is 0.148 e. The average molecular weight is 289 g/mol. The molecule has 0 radical (unpaired) electrons. The van der Waals surface area contributed by atoms with Gasteiger partial charge in [0.1, 0.15) is 16.7 Å². The molecule has 0 N–H and O–H groups in total. The Labute approximate surface area is 123 Å². The lowest BCUT2D eigenvalue weighted by Gasteiger charge is -2.26. The van der Waals surface area contributed by atoms with Crippen molar-refractivity contribution in [1.82, 2.24) is 19.5 Å². The van der Waals surface area contributed by atoms with E-state index in [0.29, 0.717) is 6.04 Å². The lowest BCUT2D eigenvalue weighted by Crippen LogP contribution is -2.33. The van der Waals surface area contributed by atoms with E-state index in [0.717, 1.165) is 29.8 Å². The second-order valence-electron chi connectivity index (χ2n) is 5.04. The Morgan fingerprint density at radius 3 is 3.05 bits per heavy atom. The summed E-state index contributed by atoms with van der Waals surface area (Å²) in [4.78, 5) is 15.7. The van der Waals surface area contributed by atoms with Gasteiger partial charge in [0.25, 0.3) is 0 Å². The molecule has 3 heterocycles. The van der Waals surface area contributed by atoms with E-state index in [4.69, 9.17) is 0 Å². The summed E-state index contributed by atoms with van der Waals surface area (Å²) in [5.41, 5.74) is 0. The van der Waals surface area contributed by atoms with Gasteiger partial charge in [0, 0.05) is 31.5 Å². The van der Waals surface area contributed by atoms with Gasteiger partial charge in [0.05, 0.1) is 12.4 Å². The first-order valence-corrected chi connectivity index (χ1v) is 8.11. The molecule has 0 amide bonds. The molecule has 0 bridgehead atoms. The molecule has 1 aliphatic heterocycles. The Kier molecular flexibility index (Phi) is 3.91. The van der Waals surface area contributed by atoms with Gasteiger partial charge in [-0.15, -0.1) is 11.8 Å². The van der Waals surface area contributed by atoms with Crippen molar-refractivity contribution in [2.24, 2.45) is 0 Å². The van der Waals surface area contributed by atoms with Crippen molar-refractivity contribution in [2.75, 3.05) is 17.7 Å². The highest BCUT2D eigenvalue weighted by molar-refractivity contribution is 7.98. The van der Waals surface area contributed by atoms with Gasteiger partial charge in [0.2, 0.25) is 0 Å². The van der Waals surface area contributed by atoms with Crippen LogP contribution in [0, 0.1) is 6.92 Å². The van der Waals surface area contributed by atoms with Crippen LogP contribution in [0.1, 0.15) is 18.7 Å². The third-order valence-electron chi connectivity index (χ3n) is 3.81. The summed E-state index contributed by atoms with van der Waals surface area (Å²) in [6.07, 6.45) is 12.0. The zero-order valence-electron chi connectivity index (χ0n) is 11.9. The quantitative estimate of drug-likeness (QED) is 0.809. The Morgan fingerprint density at radius 1 is 1.40 bits per heavy atom. The number of imidazole rings is 1. The maximum absolute atomic E-state index is 4.68. The first-order chi connectivity index (χ1) is 9.78. The molecule has 0 aromatic carbocycles. The van der Waals surface area contributed by atoms with Gasteiger partial charge in [0.15, 0.2) is 0 Å². The van der Waals surface area contributed by atoms with Crippen molar-refractivity contribution in [3.63, 3.8) is 0 Å². The predicted octanol–water partition coefficient (Wildman–Crippen LogP) is 2.37. The molecule has 2 aromatic rings. The van der Waals surface area contributed by atoms with Crippen LogP contribution in [0.5, 0.6) is 0 Å². The highest BCUT2D eigenvalue weighted by atomic mass is 32.2. The summed E-state index contributed by atoms with van der Waals surface area (Å²) in [5.74, 6) is 2.07. The molecule has 0 unspecified atom stereocenters. The van der Waals surface area contributed by atoms with E-state index in [1.54, 1.807) is 11.8 Å². The van der Waals surface area contributed by atoms with Crippen LogP contribution < -0.4 is 4.90 Å². The van der Waals surface area contributed by atoms with Gasteiger partial charge in [-0.05, 0) is 26.0 Å². The van der Waals surface area contributed by atoms with Gasteiger partial charge in [-0.25, -0.2) is 9.97 Å². The second kappa shape index (κ2) is 5.83. The van der Waals surface area contributed by atoms with Crippen LogP contribution in [-0.4, -0.2) is 38.4 Å². The first kappa shape index (κ1) is 13.4. The number of rotatable bonds is 4. The third kappa shape index (κ3) is 2.65. The van der Waals surface area contributed by atoms with Crippen molar-refractivity contribution >= 4 is 17.6 Å². The van der Waals surface area contributed by atoms with Crippen molar-refractivity contribution in [3.8, 4) is 0 Å². The highest BCUT2D eigenvalue weighted by Crippen LogP contribution is 2.26. The summed E-state index contributed by atoms with van der Waals surface area (Å²) >= 11 is 1.64. The standard InChI is InChI=1S/C14H19N5S/c1-11-16-5-7-18(11)10-12-4-3-6-19(12)13-8-15-9-14(17-13)20-2/h5,7-9,12H,3-4,6,10H2,1-2H3/t12-/m1/s1. The zero-order valence-corrected chi connectivity index (χ0v) is 12.7. The van der Waals surface area contributed by atoms with Gasteiger partial charge in [-0.3, -0.25) is 4.98 Å². The molecule has 106 valence electrons. The molecule has 3 rings (SSSR count). The monoisotopic (exact) mass is 289 g/mol. The normalized spacial score (nSPS) is 18.7. The second-order valence-corrected chi connectivity index (χ2v) is 5.86. The Hall–Kier alpha value is -1.56. The fourth-order valence-electron chi connectivity index (χ4n) is 2.73. The summed E-state index contributed by atoms with van der Waals surface area (Å²) in [6.45, 7) is 4.08. The first-order valence-electron chi connectivity index (χ1n) is 6.88. The number of nitrogens with zero attached hydrogens (tertiary/aromatic N) is 5. The number of hydrogen-bond acceptors (Lipinski definition) is 5. The lowest BCUT2D eigenvalue weighted by molar-refractivity contribution is 0.537. The molecule has 6 heteroatoms. The predicted molar refractivity (Wildman–Crippen MR) is 81.1 cm³/mol. The summed E-state index contributed by atoms with van der Waals surface area (Å²) in [6, 6.07) is 0.481. The van der Waals surface area contributed by atoms with Crippen LogP contribution in [0.25, 0.3) is 0 Å². The van der Waals surface area contributed by atoms with Crippen LogP contribution in [0.3, 0.4) is 0 Å². The number of hydrogen-bond donors (Lipinski definition) is 0. The summed E-state index contributed by atoms with van der Waals surface area (Å²) in [5, 5.41) is 0.979. The molecule has 1 atom stereocenters. The number of aryl methyl sites for hydroxylation is 1. The minimum absolute atomic E-state index is 0.481. The fourth-order valence-corrected chi connectivity index (χ4v) is 3.08. The molecule has 0 aliphatic carbocycles. The molecule has 1 saturated heterocycles. The SMILES string of the molecule is CSc1cncc(N2CCC[C@@H]2Cn2ccnc2C)n1. The zero-order chi connectivity index (χ0) is 13.9. The van der Waals surface area contributed by atoms with Crippen LogP contribution in [0.2, 0.25) is 0 Å². The van der Waals surface area contributed by atoms with E-state index in [9.17, 15) is 0 Å². The molecule has 0 spiro atoms. The molecule has 1 aliphatic rings. The largest absolute Gasteiger partial charge is 0.351 e. The van der Waals surface area contributed by atoms with Crippen molar-refractivity contribution in [3.05, 3.63) is 30.6 Å². The summed E-state index contributed by atoms with van der Waals surface area (Å²) < 4.78 is 2.22. The van der Waals surface area contributed by atoms with Gasteiger partial charge in [-0.2, -0.15) is 0 Å². The van der Waals surface area contributed by atoms with E-state index in [1.165, 1.54) is 12.8 Å². The molecule has 0 saturated carbocycles. The van der Waals surface area contributed by atoms with Crippen molar-refractivity contribution < 1.29 is 0 Å². The minimum Gasteiger partial charge on any atom is -0.351 e. The summed E-state index contributed by atoms with van der Waals surface area (Å²) in [7, 11) is 0. The van der Waals surface area contributed by atoms with Crippen LogP contribution >= 0.6 is 11.8 Å². The van der Waals surface area contributed by atoms with Gasteiger partial charge >= 0.3 is 0 Å². The van der Waals surface area contributed by atoms with E-state index < -0.39 is 0 Å². The highest BCUT2D eigenvalue weighted by Gasteiger charge is 2.26. The Balaban J connectivity index is 1.79. The Bertz CT molecular complexity index is 582. The van der Waals surface area contributed by atoms with E-state index in [-0.39, 0.29) is 0 Å². The van der Waals surface area contributed by atoms with Crippen molar-refractivity contribution in [2.45, 2.75) is 37.4 Å². The maximum atomic E-state index is 4.68. The smallest absolute Gasteiger partial charge is 0.148 e. The number of thioether (sulfide) groups is 1. The van der Waals surface area contributed by atoms with Crippen molar-refractivity contribution in [1.29, 1.82) is 0 Å².